The van der Waals surface area contributed by atoms with Gasteiger partial charge in [0.25, 0.3) is 0 Å². The van der Waals surface area contributed by atoms with Crippen molar-refractivity contribution >= 4 is 0 Å². The van der Waals surface area contributed by atoms with Gasteiger partial charge in [0.1, 0.15) is 0 Å². The Labute approximate surface area is 79.6 Å². The molecule has 72 valence electrons. The lowest BCUT2D eigenvalue weighted by atomic mass is 9.89. The summed E-state index contributed by atoms with van der Waals surface area (Å²) in [6.07, 6.45) is 3.05. The van der Waals surface area contributed by atoms with E-state index in [1.807, 2.05) is 12.1 Å². The molecule has 2 unspecified atom stereocenters. The second-order valence-corrected chi connectivity index (χ2v) is 3.83. The highest BCUT2D eigenvalue weighted by Gasteiger charge is 2.18. The van der Waals surface area contributed by atoms with Gasteiger partial charge in [-0.1, -0.05) is 26.8 Å². The van der Waals surface area contributed by atoms with Gasteiger partial charge in [-0.3, -0.25) is 4.98 Å². The summed E-state index contributed by atoms with van der Waals surface area (Å²) in [6.45, 7) is 6.29. The molecule has 2 nitrogen and oxygen atoms in total. The lowest BCUT2D eigenvalue weighted by Gasteiger charge is -2.22. The highest BCUT2D eigenvalue weighted by molar-refractivity contribution is 5.12. The van der Waals surface area contributed by atoms with E-state index in [-0.39, 0.29) is 5.92 Å². The second kappa shape index (κ2) is 4.38. The molecule has 0 aliphatic rings. The SMILES string of the molecule is CC(C)C(C)C(O)c1cccnc1. The summed E-state index contributed by atoms with van der Waals surface area (Å²) in [5.74, 6) is 0.749. The van der Waals surface area contributed by atoms with Gasteiger partial charge in [0, 0.05) is 12.4 Å². The van der Waals surface area contributed by atoms with Gasteiger partial charge in [-0.15, -0.1) is 0 Å². The topological polar surface area (TPSA) is 33.1 Å². The minimum Gasteiger partial charge on any atom is -0.388 e. The van der Waals surface area contributed by atoms with E-state index in [9.17, 15) is 5.11 Å². The van der Waals surface area contributed by atoms with Crippen LogP contribution in [0.2, 0.25) is 0 Å². The van der Waals surface area contributed by atoms with Crippen LogP contribution < -0.4 is 0 Å². The summed E-state index contributed by atoms with van der Waals surface area (Å²) in [5.41, 5.74) is 0.906. The van der Waals surface area contributed by atoms with Crippen LogP contribution in [0, 0.1) is 11.8 Å². The van der Waals surface area contributed by atoms with Gasteiger partial charge in [-0.2, -0.15) is 0 Å². The maximum absolute atomic E-state index is 9.92. The fourth-order valence-corrected chi connectivity index (χ4v) is 1.22. The first-order valence-electron chi connectivity index (χ1n) is 4.71. The molecule has 13 heavy (non-hydrogen) atoms. The molecule has 0 spiro atoms. The normalized spacial score (nSPS) is 15.8. The van der Waals surface area contributed by atoms with Gasteiger partial charge in [-0.25, -0.2) is 0 Å². The molecule has 0 amide bonds. The number of aliphatic hydroxyl groups excluding tert-OH is 1. The smallest absolute Gasteiger partial charge is 0.0832 e. The van der Waals surface area contributed by atoms with Crippen LogP contribution in [0.5, 0.6) is 0 Å². The molecule has 1 heterocycles. The molecule has 0 aromatic carbocycles. The molecule has 0 radical (unpaired) electrons. The molecule has 0 fully saturated rings. The number of pyridine rings is 1. The molecule has 0 saturated heterocycles. The molecule has 2 heteroatoms. The summed E-state index contributed by atoms with van der Waals surface area (Å²) < 4.78 is 0. The third-order valence-corrected chi connectivity index (χ3v) is 2.58. The highest BCUT2D eigenvalue weighted by atomic mass is 16.3. The van der Waals surface area contributed by atoms with Gasteiger partial charge in [0.05, 0.1) is 6.10 Å². The zero-order valence-corrected chi connectivity index (χ0v) is 8.44. The third-order valence-electron chi connectivity index (χ3n) is 2.58. The Morgan fingerprint density at radius 3 is 2.46 bits per heavy atom. The second-order valence-electron chi connectivity index (χ2n) is 3.83. The number of rotatable bonds is 3. The molecule has 1 rings (SSSR count). The predicted molar refractivity (Wildman–Crippen MR) is 53.2 cm³/mol. The highest BCUT2D eigenvalue weighted by Crippen LogP contribution is 2.26. The van der Waals surface area contributed by atoms with Gasteiger partial charge < -0.3 is 5.11 Å². The zero-order valence-electron chi connectivity index (χ0n) is 8.44. The molecule has 0 aliphatic heterocycles. The van der Waals surface area contributed by atoms with Crippen LogP contribution in [0.25, 0.3) is 0 Å². The zero-order chi connectivity index (χ0) is 9.84. The van der Waals surface area contributed by atoms with Gasteiger partial charge in [0.2, 0.25) is 0 Å². The van der Waals surface area contributed by atoms with E-state index in [1.165, 1.54) is 0 Å². The molecular weight excluding hydrogens is 162 g/mol. The van der Waals surface area contributed by atoms with Gasteiger partial charge >= 0.3 is 0 Å². The maximum atomic E-state index is 9.92. The quantitative estimate of drug-likeness (QED) is 0.773. The number of hydrogen-bond acceptors (Lipinski definition) is 2. The van der Waals surface area contributed by atoms with Crippen LogP contribution in [0.4, 0.5) is 0 Å². The van der Waals surface area contributed by atoms with Crippen molar-refractivity contribution in [2.24, 2.45) is 11.8 Å². The molecule has 2 atom stereocenters. The fourth-order valence-electron chi connectivity index (χ4n) is 1.22. The van der Waals surface area contributed by atoms with E-state index in [1.54, 1.807) is 12.4 Å². The Balaban J connectivity index is 2.73. The molecule has 0 aliphatic carbocycles. The minimum absolute atomic E-state index is 0.268. The lowest BCUT2D eigenvalue weighted by molar-refractivity contribution is 0.0918. The fraction of sp³-hybridized carbons (Fsp3) is 0.545. The van der Waals surface area contributed by atoms with E-state index in [0.717, 1.165) is 5.56 Å². The number of aromatic nitrogens is 1. The van der Waals surface area contributed by atoms with Crippen molar-refractivity contribution in [2.75, 3.05) is 0 Å². The third kappa shape index (κ3) is 2.52. The van der Waals surface area contributed by atoms with Crippen molar-refractivity contribution < 1.29 is 5.11 Å². The van der Waals surface area contributed by atoms with Crippen LogP contribution in [-0.2, 0) is 0 Å². The Hall–Kier alpha value is -0.890. The summed E-state index contributed by atoms with van der Waals surface area (Å²) >= 11 is 0. The van der Waals surface area contributed by atoms with Crippen molar-refractivity contribution in [1.29, 1.82) is 0 Å². The van der Waals surface area contributed by atoms with Crippen LogP contribution in [0.1, 0.15) is 32.4 Å². The molecule has 0 saturated carbocycles. The Kier molecular flexibility index (Phi) is 3.43. The number of aliphatic hydroxyl groups is 1. The molecule has 1 N–H and O–H groups in total. The first kappa shape index (κ1) is 10.2. The molecule has 1 aromatic heterocycles. The Morgan fingerprint density at radius 2 is 2.00 bits per heavy atom. The number of hydrogen-bond donors (Lipinski definition) is 1. The Bertz CT molecular complexity index is 246. The van der Waals surface area contributed by atoms with Crippen molar-refractivity contribution in [2.45, 2.75) is 26.9 Å². The van der Waals surface area contributed by atoms with Crippen LogP contribution in [0.15, 0.2) is 24.5 Å². The van der Waals surface area contributed by atoms with Crippen LogP contribution in [-0.4, -0.2) is 10.1 Å². The first-order chi connectivity index (χ1) is 6.13. The molecule has 1 aromatic rings. The van der Waals surface area contributed by atoms with Crippen molar-refractivity contribution in [3.63, 3.8) is 0 Å². The van der Waals surface area contributed by atoms with E-state index in [4.69, 9.17) is 0 Å². The summed E-state index contributed by atoms with van der Waals surface area (Å²) in [6, 6.07) is 3.77. The van der Waals surface area contributed by atoms with E-state index in [2.05, 4.69) is 25.8 Å². The van der Waals surface area contributed by atoms with Gasteiger partial charge in [-0.05, 0) is 23.5 Å². The maximum Gasteiger partial charge on any atom is 0.0832 e. The van der Waals surface area contributed by atoms with Crippen molar-refractivity contribution in [3.8, 4) is 0 Å². The average molecular weight is 179 g/mol. The van der Waals surface area contributed by atoms with E-state index >= 15 is 0 Å². The molecular formula is C11H17NO. The largest absolute Gasteiger partial charge is 0.388 e. The number of nitrogens with zero attached hydrogens (tertiary/aromatic N) is 1. The predicted octanol–water partition coefficient (Wildman–Crippen LogP) is 2.41. The summed E-state index contributed by atoms with van der Waals surface area (Å²) in [4.78, 5) is 3.99. The van der Waals surface area contributed by atoms with E-state index in [0.29, 0.717) is 5.92 Å². The standard InChI is InChI=1S/C11H17NO/c1-8(2)9(3)11(13)10-5-4-6-12-7-10/h4-9,11,13H,1-3H3. The summed E-state index contributed by atoms with van der Waals surface area (Å²) in [7, 11) is 0. The van der Waals surface area contributed by atoms with Crippen LogP contribution in [0.3, 0.4) is 0 Å². The van der Waals surface area contributed by atoms with E-state index < -0.39 is 6.10 Å². The van der Waals surface area contributed by atoms with Crippen molar-refractivity contribution in [1.82, 2.24) is 4.98 Å². The van der Waals surface area contributed by atoms with Crippen LogP contribution >= 0.6 is 0 Å². The summed E-state index contributed by atoms with van der Waals surface area (Å²) in [5, 5.41) is 9.92. The van der Waals surface area contributed by atoms with Gasteiger partial charge in [0.15, 0.2) is 0 Å². The first-order valence-corrected chi connectivity index (χ1v) is 4.71. The molecule has 0 bridgehead atoms. The Morgan fingerprint density at radius 1 is 1.31 bits per heavy atom. The minimum atomic E-state index is -0.395. The monoisotopic (exact) mass is 179 g/mol. The average Bonchev–Trinajstić information content (AvgIpc) is 2.17. The van der Waals surface area contributed by atoms with Crippen molar-refractivity contribution in [3.05, 3.63) is 30.1 Å². The lowest BCUT2D eigenvalue weighted by Crippen LogP contribution is -2.14.